The standard InChI is InChI=1S/C42H29N3O/c1-43-42(40-35(29-14-6-3-7-15-29)24-25-38-39(40)36-18-10-11-19-37(36)46-38)45-41(44-27-28-12-4-2-5-13-28)32-22-23-34-31(26-32)21-20-30-16-8-9-17-33(30)34/h2-26H,1,27H2/b44-41-,45-42-. The monoisotopic (exact) mass is 591 g/mol. The van der Waals surface area contributed by atoms with E-state index in [0.29, 0.717) is 18.2 Å². The van der Waals surface area contributed by atoms with Crippen LogP contribution >= 0.6 is 0 Å². The van der Waals surface area contributed by atoms with Gasteiger partial charge in [-0.15, -0.1) is 0 Å². The lowest BCUT2D eigenvalue weighted by molar-refractivity contribution is 0.669. The molecule has 0 bridgehead atoms. The molecule has 0 fully saturated rings. The highest BCUT2D eigenvalue weighted by molar-refractivity contribution is 6.25. The number of hydrogen-bond donors (Lipinski definition) is 0. The number of amidine groups is 2. The molecule has 1 heterocycles. The molecule has 4 heteroatoms. The molecule has 0 unspecified atom stereocenters. The second-order valence-corrected chi connectivity index (χ2v) is 11.3. The summed E-state index contributed by atoms with van der Waals surface area (Å²) in [5.41, 5.74) is 6.51. The zero-order valence-electron chi connectivity index (χ0n) is 25.1. The molecule has 0 spiro atoms. The van der Waals surface area contributed by atoms with Gasteiger partial charge in [0.2, 0.25) is 0 Å². The Morgan fingerprint density at radius 2 is 1.26 bits per heavy atom. The molecule has 46 heavy (non-hydrogen) atoms. The largest absolute Gasteiger partial charge is 0.456 e. The van der Waals surface area contributed by atoms with E-state index < -0.39 is 0 Å². The normalized spacial score (nSPS) is 12.3. The van der Waals surface area contributed by atoms with Gasteiger partial charge in [0.15, 0.2) is 11.7 Å². The van der Waals surface area contributed by atoms with E-state index in [9.17, 15) is 0 Å². The summed E-state index contributed by atoms with van der Waals surface area (Å²) in [5, 5.41) is 6.71. The van der Waals surface area contributed by atoms with E-state index in [-0.39, 0.29) is 0 Å². The fourth-order valence-electron chi connectivity index (χ4n) is 6.27. The smallest absolute Gasteiger partial charge is 0.162 e. The van der Waals surface area contributed by atoms with Crippen LogP contribution in [0.5, 0.6) is 0 Å². The van der Waals surface area contributed by atoms with E-state index in [2.05, 4.69) is 103 Å². The Kier molecular flexibility index (Phi) is 7.01. The fourth-order valence-corrected chi connectivity index (χ4v) is 6.27. The molecule has 0 saturated carbocycles. The van der Waals surface area contributed by atoms with Crippen molar-refractivity contribution >= 4 is 61.9 Å². The van der Waals surface area contributed by atoms with E-state index in [1.165, 1.54) is 16.2 Å². The Balaban J connectivity index is 1.37. The van der Waals surface area contributed by atoms with Crippen LogP contribution < -0.4 is 0 Å². The van der Waals surface area contributed by atoms with Crippen molar-refractivity contribution in [2.75, 3.05) is 0 Å². The minimum absolute atomic E-state index is 0.476. The number of nitrogens with zero attached hydrogens (tertiary/aromatic N) is 3. The summed E-state index contributed by atoms with van der Waals surface area (Å²) in [4.78, 5) is 14.9. The Labute approximate surface area is 266 Å². The minimum Gasteiger partial charge on any atom is -0.456 e. The Morgan fingerprint density at radius 1 is 0.565 bits per heavy atom. The van der Waals surface area contributed by atoms with Gasteiger partial charge in [0.05, 0.1) is 6.54 Å². The molecule has 0 aliphatic carbocycles. The number of hydrogen-bond acceptors (Lipinski definition) is 2. The number of aliphatic imine (C=N–C) groups is 3. The summed E-state index contributed by atoms with van der Waals surface area (Å²) < 4.78 is 6.31. The van der Waals surface area contributed by atoms with Crippen molar-refractivity contribution in [3.05, 3.63) is 168 Å². The van der Waals surface area contributed by atoms with Crippen molar-refractivity contribution in [1.82, 2.24) is 0 Å². The first-order chi connectivity index (χ1) is 22.8. The molecular weight excluding hydrogens is 562 g/mol. The summed E-state index contributed by atoms with van der Waals surface area (Å²) in [5.74, 6) is 1.08. The molecule has 4 nitrogen and oxygen atoms in total. The molecule has 0 radical (unpaired) electrons. The van der Waals surface area contributed by atoms with Crippen molar-refractivity contribution in [2.24, 2.45) is 15.0 Å². The molecule has 0 saturated heterocycles. The number of rotatable bonds is 5. The average molecular weight is 592 g/mol. The Bertz CT molecular complexity index is 2460. The van der Waals surface area contributed by atoms with Crippen LogP contribution in [0.3, 0.4) is 0 Å². The molecule has 218 valence electrons. The van der Waals surface area contributed by atoms with E-state index in [1.54, 1.807) is 0 Å². The molecule has 8 rings (SSSR count). The van der Waals surface area contributed by atoms with Gasteiger partial charge < -0.3 is 4.42 Å². The van der Waals surface area contributed by atoms with E-state index >= 15 is 0 Å². The van der Waals surface area contributed by atoms with E-state index in [4.69, 9.17) is 14.4 Å². The van der Waals surface area contributed by atoms with Crippen molar-refractivity contribution in [1.29, 1.82) is 0 Å². The number of furan rings is 1. The first-order valence-electron chi connectivity index (χ1n) is 15.3. The lowest BCUT2D eigenvalue weighted by atomic mass is 9.94. The third kappa shape index (κ3) is 4.96. The van der Waals surface area contributed by atoms with Gasteiger partial charge in [-0.2, -0.15) is 0 Å². The Morgan fingerprint density at radius 3 is 2.09 bits per heavy atom. The van der Waals surface area contributed by atoms with E-state index in [1.807, 2.05) is 60.7 Å². The predicted molar refractivity (Wildman–Crippen MR) is 193 cm³/mol. The molecule has 0 aliphatic heterocycles. The van der Waals surface area contributed by atoms with Crippen molar-refractivity contribution in [2.45, 2.75) is 6.54 Å². The van der Waals surface area contributed by atoms with Crippen LogP contribution in [-0.4, -0.2) is 18.4 Å². The quantitative estimate of drug-likeness (QED) is 0.112. The molecule has 0 amide bonds. The van der Waals surface area contributed by atoms with Crippen LogP contribution in [0.15, 0.2) is 171 Å². The van der Waals surface area contributed by atoms with Gasteiger partial charge in [-0.1, -0.05) is 127 Å². The summed E-state index contributed by atoms with van der Waals surface area (Å²) in [6, 6.07) is 52.0. The van der Waals surface area contributed by atoms with Crippen LogP contribution in [0.2, 0.25) is 0 Å². The fraction of sp³-hybridized carbons (Fsp3) is 0.0238. The van der Waals surface area contributed by atoms with Crippen LogP contribution in [0.1, 0.15) is 16.7 Å². The molecule has 0 N–H and O–H groups in total. The number of fused-ring (bicyclic) bond motifs is 6. The van der Waals surface area contributed by atoms with Crippen molar-refractivity contribution < 1.29 is 4.42 Å². The maximum absolute atomic E-state index is 6.31. The second-order valence-electron chi connectivity index (χ2n) is 11.3. The Hall–Kier alpha value is -6.13. The van der Waals surface area contributed by atoms with Crippen LogP contribution in [-0.2, 0) is 6.54 Å². The van der Waals surface area contributed by atoms with Gasteiger partial charge in [-0.25, -0.2) is 9.98 Å². The maximum Gasteiger partial charge on any atom is 0.162 e. The number of para-hydroxylation sites is 1. The number of benzene rings is 7. The second kappa shape index (κ2) is 11.8. The third-order valence-electron chi connectivity index (χ3n) is 8.47. The minimum atomic E-state index is 0.476. The van der Waals surface area contributed by atoms with Crippen LogP contribution in [0.4, 0.5) is 0 Å². The summed E-state index contributed by atoms with van der Waals surface area (Å²) in [6.07, 6.45) is 0. The summed E-state index contributed by atoms with van der Waals surface area (Å²) >= 11 is 0. The molecule has 1 aromatic heterocycles. The van der Waals surface area contributed by atoms with Gasteiger partial charge in [-0.3, -0.25) is 4.99 Å². The summed E-state index contributed by atoms with van der Waals surface area (Å²) in [7, 11) is 0. The van der Waals surface area contributed by atoms with Crippen molar-refractivity contribution in [3.8, 4) is 11.1 Å². The highest BCUT2D eigenvalue weighted by Gasteiger charge is 2.20. The van der Waals surface area contributed by atoms with Crippen molar-refractivity contribution in [3.63, 3.8) is 0 Å². The molecule has 0 atom stereocenters. The maximum atomic E-state index is 6.31. The van der Waals surface area contributed by atoms with Gasteiger partial charge in [-0.05, 0) is 69.2 Å². The van der Waals surface area contributed by atoms with Crippen LogP contribution in [0, 0.1) is 0 Å². The molecule has 0 aliphatic rings. The van der Waals surface area contributed by atoms with E-state index in [0.717, 1.165) is 55.1 Å². The third-order valence-corrected chi connectivity index (χ3v) is 8.47. The molecule has 8 aromatic rings. The first kappa shape index (κ1) is 27.4. The topological polar surface area (TPSA) is 50.2 Å². The lowest BCUT2D eigenvalue weighted by Gasteiger charge is -2.13. The summed E-state index contributed by atoms with van der Waals surface area (Å²) in [6.45, 7) is 4.50. The lowest BCUT2D eigenvalue weighted by Crippen LogP contribution is -2.07. The van der Waals surface area contributed by atoms with Gasteiger partial charge in [0.25, 0.3) is 0 Å². The SMILES string of the molecule is C=N/C(=N\C(=N/Cc1ccccc1)c1ccc2c(ccc3ccccc32)c1)c1c(-c2ccccc2)ccc2oc3ccccc3c12. The average Bonchev–Trinajstić information content (AvgIpc) is 3.51. The first-order valence-corrected chi connectivity index (χ1v) is 15.3. The predicted octanol–water partition coefficient (Wildman–Crippen LogP) is 10.7. The highest BCUT2D eigenvalue weighted by Crippen LogP contribution is 2.38. The van der Waals surface area contributed by atoms with Crippen LogP contribution in [0.25, 0.3) is 54.6 Å². The molecular formula is C42H29N3O. The zero-order chi connectivity index (χ0) is 30.9. The molecule has 7 aromatic carbocycles. The van der Waals surface area contributed by atoms with Gasteiger partial charge in [0, 0.05) is 21.9 Å². The van der Waals surface area contributed by atoms with Gasteiger partial charge >= 0.3 is 0 Å². The highest BCUT2D eigenvalue weighted by atomic mass is 16.3. The van der Waals surface area contributed by atoms with Gasteiger partial charge in [0.1, 0.15) is 11.2 Å². The zero-order valence-corrected chi connectivity index (χ0v) is 25.1.